The van der Waals surface area contributed by atoms with Gasteiger partial charge in [-0.15, -0.1) is 0 Å². The molecule has 0 spiro atoms. The Balaban J connectivity index is 3.37. The largest absolute Gasteiger partial charge is 0.469 e. The van der Waals surface area contributed by atoms with Gasteiger partial charge in [-0.1, -0.05) is 26.7 Å². The van der Waals surface area contributed by atoms with Crippen molar-refractivity contribution < 1.29 is 9.53 Å². The Kier molecular flexibility index (Phi) is 4.99. The van der Waals surface area contributed by atoms with Gasteiger partial charge in [-0.2, -0.15) is 0 Å². The first kappa shape index (κ1) is 9.47. The maximum Gasteiger partial charge on any atom is 0.305 e. The molecule has 0 amide bonds. The summed E-state index contributed by atoms with van der Waals surface area (Å²) < 4.78 is 4.53. The summed E-state index contributed by atoms with van der Waals surface area (Å²) in [5.74, 6) is 0.374. The first-order valence-corrected chi connectivity index (χ1v) is 3.77. The molecule has 0 aliphatic heterocycles. The van der Waals surface area contributed by atoms with E-state index in [1.54, 1.807) is 0 Å². The average Bonchev–Trinajstić information content (AvgIpc) is 1.88. The molecule has 0 aliphatic rings. The number of rotatable bonds is 4. The quantitative estimate of drug-likeness (QED) is 0.564. The molecule has 2 heteroatoms. The Labute approximate surface area is 62.6 Å². The SMILES string of the molecule is CCCC(C)CC(=O)OC. The van der Waals surface area contributed by atoms with Crippen molar-refractivity contribution in [1.29, 1.82) is 0 Å². The van der Waals surface area contributed by atoms with Gasteiger partial charge in [0.25, 0.3) is 0 Å². The molecule has 1 atom stereocenters. The van der Waals surface area contributed by atoms with Crippen LogP contribution >= 0.6 is 0 Å². The molecule has 2 nitrogen and oxygen atoms in total. The number of esters is 1. The fourth-order valence-electron chi connectivity index (χ4n) is 0.963. The van der Waals surface area contributed by atoms with Crippen molar-refractivity contribution in [3.8, 4) is 0 Å². The van der Waals surface area contributed by atoms with Gasteiger partial charge in [-0.3, -0.25) is 4.79 Å². The monoisotopic (exact) mass is 144 g/mol. The Morgan fingerprint density at radius 3 is 2.60 bits per heavy atom. The van der Waals surface area contributed by atoms with E-state index in [0.717, 1.165) is 12.8 Å². The zero-order valence-corrected chi connectivity index (χ0v) is 7.02. The van der Waals surface area contributed by atoms with Gasteiger partial charge in [0, 0.05) is 6.42 Å². The third kappa shape index (κ3) is 4.36. The van der Waals surface area contributed by atoms with Crippen LogP contribution in [0.5, 0.6) is 0 Å². The highest BCUT2D eigenvalue weighted by Crippen LogP contribution is 2.09. The van der Waals surface area contributed by atoms with Gasteiger partial charge >= 0.3 is 5.97 Å². The molecule has 1 unspecified atom stereocenters. The lowest BCUT2D eigenvalue weighted by Gasteiger charge is -2.06. The van der Waals surface area contributed by atoms with E-state index in [1.165, 1.54) is 7.11 Å². The highest BCUT2D eigenvalue weighted by molar-refractivity contribution is 5.69. The predicted molar refractivity (Wildman–Crippen MR) is 40.7 cm³/mol. The second kappa shape index (κ2) is 5.27. The molecular weight excluding hydrogens is 128 g/mol. The highest BCUT2D eigenvalue weighted by atomic mass is 16.5. The maximum absolute atomic E-state index is 10.7. The third-order valence-corrected chi connectivity index (χ3v) is 1.52. The first-order chi connectivity index (χ1) is 4.70. The molecule has 0 heterocycles. The summed E-state index contributed by atoms with van der Waals surface area (Å²) in [5, 5.41) is 0. The minimum absolute atomic E-state index is 0.0963. The summed E-state index contributed by atoms with van der Waals surface area (Å²) in [7, 11) is 1.43. The minimum atomic E-state index is -0.0963. The van der Waals surface area contributed by atoms with Crippen LogP contribution in [-0.2, 0) is 9.53 Å². The van der Waals surface area contributed by atoms with Crippen LogP contribution in [0.1, 0.15) is 33.1 Å². The Morgan fingerprint density at radius 2 is 2.20 bits per heavy atom. The minimum Gasteiger partial charge on any atom is -0.469 e. The fraction of sp³-hybridized carbons (Fsp3) is 0.875. The molecule has 60 valence electrons. The molecule has 0 fully saturated rings. The van der Waals surface area contributed by atoms with E-state index in [1.807, 2.05) is 0 Å². The molecule has 0 bridgehead atoms. The van der Waals surface area contributed by atoms with Crippen molar-refractivity contribution in [3.63, 3.8) is 0 Å². The second-order valence-electron chi connectivity index (χ2n) is 2.67. The van der Waals surface area contributed by atoms with Gasteiger partial charge in [-0.25, -0.2) is 0 Å². The van der Waals surface area contributed by atoms with Crippen LogP contribution in [0.25, 0.3) is 0 Å². The molecule has 0 aliphatic carbocycles. The summed E-state index contributed by atoms with van der Waals surface area (Å²) in [6, 6.07) is 0. The summed E-state index contributed by atoms with van der Waals surface area (Å²) >= 11 is 0. The molecule has 0 rings (SSSR count). The Morgan fingerprint density at radius 1 is 1.60 bits per heavy atom. The molecule has 0 saturated heterocycles. The van der Waals surface area contributed by atoms with E-state index >= 15 is 0 Å². The molecule has 10 heavy (non-hydrogen) atoms. The summed E-state index contributed by atoms with van der Waals surface area (Å²) in [5.41, 5.74) is 0. The van der Waals surface area contributed by atoms with Crippen LogP contribution in [-0.4, -0.2) is 13.1 Å². The molecule has 0 saturated carbocycles. The molecule has 0 aromatic heterocycles. The summed E-state index contributed by atoms with van der Waals surface area (Å²) in [4.78, 5) is 10.7. The maximum atomic E-state index is 10.7. The summed E-state index contributed by atoms with van der Waals surface area (Å²) in [6.45, 7) is 4.19. The van der Waals surface area contributed by atoms with Gasteiger partial charge in [-0.05, 0) is 5.92 Å². The molecular formula is C8H16O2. The Bertz CT molecular complexity index is 99.4. The van der Waals surface area contributed by atoms with E-state index in [0.29, 0.717) is 12.3 Å². The van der Waals surface area contributed by atoms with Crippen molar-refractivity contribution in [2.24, 2.45) is 5.92 Å². The van der Waals surface area contributed by atoms with Gasteiger partial charge in [0.05, 0.1) is 7.11 Å². The van der Waals surface area contributed by atoms with Gasteiger partial charge in [0.1, 0.15) is 0 Å². The van der Waals surface area contributed by atoms with Crippen molar-refractivity contribution in [1.82, 2.24) is 0 Å². The average molecular weight is 144 g/mol. The molecule has 0 aromatic rings. The van der Waals surface area contributed by atoms with Crippen molar-refractivity contribution >= 4 is 5.97 Å². The molecule has 0 N–H and O–H groups in total. The number of hydrogen-bond donors (Lipinski definition) is 0. The lowest BCUT2D eigenvalue weighted by atomic mass is 10.0. The number of hydrogen-bond acceptors (Lipinski definition) is 2. The lowest BCUT2D eigenvalue weighted by molar-refractivity contribution is -0.141. The van der Waals surface area contributed by atoms with Crippen LogP contribution < -0.4 is 0 Å². The van der Waals surface area contributed by atoms with Gasteiger partial charge < -0.3 is 4.74 Å². The van der Waals surface area contributed by atoms with Crippen LogP contribution in [0.3, 0.4) is 0 Å². The van der Waals surface area contributed by atoms with E-state index < -0.39 is 0 Å². The second-order valence-corrected chi connectivity index (χ2v) is 2.67. The Hall–Kier alpha value is -0.530. The van der Waals surface area contributed by atoms with Crippen LogP contribution in [0.15, 0.2) is 0 Å². The van der Waals surface area contributed by atoms with Crippen molar-refractivity contribution in [3.05, 3.63) is 0 Å². The fourth-order valence-corrected chi connectivity index (χ4v) is 0.963. The van der Waals surface area contributed by atoms with Crippen LogP contribution in [0.4, 0.5) is 0 Å². The third-order valence-electron chi connectivity index (χ3n) is 1.52. The molecule has 0 radical (unpaired) electrons. The smallest absolute Gasteiger partial charge is 0.305 e. The van der Waals surface area contributed by atoms with Gasteiger partial charge in [0.15, 0.2) is 0 Å². The number of carbonyl (C=O) groups is 1. The zero-order chi connectivity index (χ0) is 7.98. The van der Waals surface area contributed by atoms with Gasteiger partial charge in [0.2, 0.25) is 0 Å². The summed E-state index contributed by atoms with van der Waals surface area (Å²) in [6.07, 6.45) is 2.80. The van der Waals surface area contributed by atoms with E-state index in [2.05, 4.69) is 18.6 Å². The van der Waals surface area contributed by atoms with Crippen LogP contribution in [0.2, 0.25) is 0 Å². The van der Waals surface area contributed by atoms with E-state index in [9.17, 15) is 4.79 Å². The predicted octanol–water partition coefficient (Wildman–Crippen LogP) is 1.99. The zero-order valence-electron chi connectivity index (χ0n) is 7.02. The molecule has 0 aromatic carbocycles. The van der Waals surface area contributed by atoms with E-state index in [-0.39, 0.29) is 5.97 Å². The van der Waals surface area contributed by atoms with Crippen molar-refractivity contribution in [2.45, 2.75) is 33.1 Å². The lowest BCUT2D eigenvalue weighted by Crippen LogP contribution is -2.06. The number of methoxy groups -OCH3 is 1. The topological polar surface area (TPSA) is 26.3 Å². The number of carbonyl (C=O) groups excluding carboxylic acids is 1. The van der Waals surface area contributed by atoms with E-state index in [4.69, 9.17) is 0 Å². The highest BCUT2D eigenvalue weighted by Gasteiger charge is 2.06. The standard InChI is InChI=1S/C8H16O2/c1-4-5-7(2)6-8(9)10-3/h7H,4-6H2,1-3H3. The normalized spacial score (nSPS) is 12.7. The van der Waals surface area contributed by atoms with Crippen LogP contribution in [0, 0.1) is 5.92 Å². The van der Waals surface area contributed by atoms with Crippen molar-refractivity contribution in [2.75, 3.05) is 7.11 Å². The number of ether oxygens (including phenoxy) is 1. The first-order valence-electron chi connectivity index (χ1n) is 3.77.